The van der Waals surface area contributed by atoms with Gasteiger partial charge in [0, 0.05) is 25.1 Å². The number of esters is 1. The summed E-state index contributed by atoms with van der Waals surface area (Å²) in [6.45, 7) is 6.06. The molecule has 4 nitrogen and oxygen atoms in total. The van der Waals surface area contributed by atoms with Gasteiger partial charge in [-0.2, -0.15) is 0 Å². The number of nitrogens with two attached hydrogens (primary N) is 1. The van der Waals surface area contributed by atoms with Crippen LogP contribution in [0.2, 0.25) is 0 Å². The lowest BCUT2D eigenvalue weighted by molar-refractivity contribution is -0.144. The van der Waals surface area contributed by atoms with E-state index in [0.717, 1.165) is 36.9 Å². The van der Waals surface area contributed by atoms with Gasteiger partial charge in [-0.1, -0.05) is 56.3 Å². The molecule has 2 aromatic rings. The van der Waals surface area contributed by atoms with Crippen LogP contribution in [0.15, 0.2) is 54.7 Å². The van der Waals surface area contributed by atoms with Crippen LogP contribution in [-0.4, -0.2) is 23.1 Å². The minimum absolute atomic E-state index is 0. The van der Waals surface area contributed by atoms with Gasteiger partial charge in [0.2, 0.25) is 0 Å². The molecule has 2 aliphatic carbocycles. The molecule has 0 spiro atoms. The first kappa shape index (κ1) is 22.7. The van der Waals surface area contributed by atoms with Crippen LogP contribution in [0.25, 0.3) is 17.2 Å². The van der Waals surface area contributed by atoms with Crippen LogP contribution in [0, 0.1) is 29.6 Å². The average molecular weight is 435 g/mol. The van der Waals surface area contributed by atoms with Crippen molar-refractivity contribution >= 4 is 12.0 Å². The van der Waals surface area contributed by atoms with E-state index in [9.17, 15) is 4.79 Å². The van der Waals surface area contributed by atoms with Crippen molar-refractivity contribution in [3.63, 3.8) is 0 Å². The maximum Gasteiger partial charge on any atom is 0.309 e. The summed E-state index contributed by atoms with van der Waals surface area (Å²) in [4.78, 5) is 17.1. The quantitative estimate of drug-likeness (QED) is 0.604. The van der Waals surface area contributed by atoms with Gasteiger partial charge in [0.25, 0.3) is 0 Å². The molecule has 1 saturated heterocycles. The van der Waals surface area contributed by atoms with E-state index in [4.69, 9.17) is 10.5 Å². The van der Waals surface area contributed by atoms with Crippen LogP contribution < -0.4 is 5.73 Å². The third-order valence-corrected chi connectivity index (χ3v) is 7.57. The molecule has 172 valence electrons. The van der Waals surface area contributed by atoms with Crippen molar-refractivity contribution in [1.82, 2.24) is 4.98 Å². The molecule has 1 aromatic carbocycles. The summed E-state index contributed by atoms with van der Waals surface area (Å²) >= 11 is 0. The number of fused-ring (bicyclic) bond motifs is 2. The third kappa shape index (κ3) is 4.52. The van der Waals surface area contributed by atoms with E-state index >= 15 is 0 Å². The number of allylic oxidation sites excluding steroid dienone is 1. The molecule has 2 saturated carbocycles. The van der Waals surface area contributed by atoms with E-state index in [0.29, 0.717) is 17.8 Å². The Hall–Kier alpha value is -2.46. The zero-order chi connectivity index (χ0) is 22.7. The third-order valence-electron chi connectivity index (χ3n) is 7.57. The lowest BCUT2D eigenvalue weighted by Gasteiger charge is -2.47. The predicted octanol–water partition coefficient (Wildman–Crippen LogP) is 5.98. The Labute approximate surface area is 193 Å². The van der Waals surface area contributed by atoms with Crippen LogP contribution in [0.5, 0.6) is 0 Å². The van der Waals surface area contributed by atoms with Crippen molar-refractivity contribution in [2.45, 2.75) is 58.6 Å². The lowest BCUT2D eigenvalue weighted by Crippen LogP contribution is -2.46. The van der Waals surface area contributed by atoms with Crippen LogP contribution in [0.3, 0.4) is 0 Å². The summed E-state index contributed by atoms with van der Waals surface area (Å²) in [6.07, 6.45) is 10.6. The number of carbonyl (C=O) groups excluding carboxylic acids is 1. The molecule has 1 aliphatic heterocycles. The minimum Gasteiger partial charge on any atom is -0.462 e. The monoisotopic (exact) mass is 434 g/mol. The Morgan fingerprint density at radius 1 is 1.06 bits per heavy atom. The normalized spacial score (nSPS) is 33.6. The highest BCUT2D eigenvalue weighted by Gasteiger charge is 2.54. The molecular formula is C28H38N2O2. The summed E-state index contributed by atoms with van der Waals surface area (Å²) in [6, 6.07) is 14.8. The number of benzene rings is 1. The molecule has 2 N–H and O–H groups in total. The molecular weight excluding hydrogens is 396 g/mol. The van der Waals surface area contributed by atoms with E-state index in [1.807, 2.05) is 38.2 Å². The average Bonchev–Trinajstić information content (AvgIpc) is 3.11. The zero-order valence-electron chi connectivity index (χ0n) is 19.5. The topological polar surface area (TPSA) is 65.2 Å². The highest BCUT2D eigenvalue weighted by Crippen LogP contribution is 2.53. The van der Waals surface area contributed by atoms with Gasteiger partial charge in [0.1, 0.15) is 6.10 Å². The maximum absolute atomic E-state index is 12.5. The summed E-state index contributed by atoms with van der Waals surface area (Å²) in [7, 11) is 0. The summed E-state index contributed by atoms with van der Waals surface area (Å²) in [5.41, 5.74) is 9.52. The molecule has 7 atom stereocenters. The van der Waals surface area contributed by atoms with Crippen molar-refractivity contribution in [1.29, 1.82) is 0 Å². The van der Waals surface area contributed by atoms with Crippen LogP contribution in [-0.2, 0) is 9.53 Å². The van der Waals surface area contributed by atoms with Gasteiger partial charge in [-0.3, -0.25) is 9.78 Å². The second kappa shape index (κ2) is 9.99. The number of aromatic nitrogens is 1. The number of nitrogens with zero attached hydrogens (tertiary/aromatic N) is 1. The minimum atomic E-state index is -0.0119. The second-order valence-electron chi connectivity index (χ2n) is 9.33. The molecule has 4 heteroatoms. The zero-order valence-corrected chi connectivity index (χ0v) is 19.5. The maximum atomic E-state index is 12.5. The fourth-order valence-electron chi connectivity index (χ4n) is 6.17. The Balaban J connectivity index is 0.000000994. The number of carbonyl (C=O) groups is 1. The predicted molar refractivity (Wildman–Crippen MR) is 132 cm³/mol. The van der Waals surface area contributed by atoms with Crippen LogP contribution in [0.4, 0.5) is 0 Å². The number of cyclic esters (lactones) is 1. The van der Waals surface area contributed by atoms with Gasteiger partial charge in [-0.05, 0) is 68.1 Å². The lowest BCUT2D eigenvalue weighted by atomic mass is 9.57. The Kier molecular flexibility index (Phi) is 7.10. The fraction of sp³-hybridized carbons (Fsp3) is 0.500. The second-order valence-corrected chi connectivity index (χ2v) is 9.33. The number of hydrogen-bond acceptors (Lipinski definition) is 4. The van der Waals surface area contributed by atoms with Gasteiger partial charge >= 0.3 is 5.97 Å². The molecule has 5 rings (SSSR count). The van der Waals surface area contributed by atoms with Gasteiger partial charge in [-0.25, -0.2) is 0 Å². The summed E-state index contributed by atoms with van der Waals surface area (Å²) in [5.74, 6) is 1.74. The van der Waals surface area contributed by atoms with E-state index in [2.05, 4.69) is 48.3 Å². The van der Waals surface area contributed by atoms with Crippen LogP contribution in [0.1, 0.15) is 53.6 Å². The van der Waals surface area contributed by atoms with E-state index in [1.165, 1.54) is 5.56 Å². The number of pyridine rings is 1. The molecule has 0 radical (unpaired) electrons. The van der Waals surface area contributed by atoms with Crippen LogP contribution >= 0.6 is 0 Å². The molecule has 2 heterocycles. The Bertz CT molecular complexity index is 931. The molecule has 0 amide bonds. The number of ether oxygens (including phenoxy) is 1. The van der Waals surface area contributed by atoms with Gasteiger partial charge in [-0.15, -0.1) is 0 Å². The molecule has 1 unspecified atom stereocenters. The first-order valence-electron chi connectivity index (χ1n) is 12.3. The fourth-order valence-corrected chi connectivity index (χ4v) is 6.17. The molecule has 0 bridgehead atoms. The summed E-state index contributed by atoms with van der Waals surface area (Å²) < 4.78 is 5.67. The standard InChI is InChI=1S/C26H30N2O2.C2H6.H2/c1-16-25-23(22-11-8-20(27)13-19(22)14-24(25)26(29)30-16)12-10-21-9-7-18(15-28-21)17-5-3-2-4-6-17;1-2;/h2-7,9-10,12,15-16,19-20,22-25H,8,11,13-14,27H2,1H3;1-2H3;1H/b12-10+;;/t16-,19+,20-,22?,23+,24-,25+;;/m1../s1. The Morgan fingerprint density at radius 2 is 1.84 bits per heavy atom. The molecule has 3 aliphatic rings. The first-order valence-corrected chi connectivity index (χ1v) is 12.3. The van der Waals surface area contributed by atoms with Crippen molar-refractivity contribution in [2.24, 2.45) is 35.3 Å². The van der Waals surface area contributed by atoms with Gasteiger partial charge < -0.3 is 10.5 Å². The molecule has 1 aromatic heterocycles. The summed E-state index contributed by atoms with van der Waals surface area (Å²) in [5, 5.41) is 0. The first-order chi connectivity index (χ1) is 15.6. The van der Waals surface area contributed by atoms with Crippen molar-refractivity contribution in [2.75, 3.05) is 0 Å². The molecule has 32 heavy (non-hydrogen) atoms. The van der Waals surface area contributed by atoms with Gasteiger partial charge in [0.15, 0.2) is 0 Å². The van der Waals surface area contributed by atoms with Crippen molar-refractivity contribution < 1.29 is 11.0 Å². The SMILES string of the molecule is CC.C[C@H]1OC(=O)[C@@H]2C[C@@H]3C[C@H](N)CCC3[C@H](/C=C/c3ccc(-c4ccccc4)cn3)[C@H]12.[HH]. The number of hydrogen-bond donors (Lipinski definition) is 1. The van der Waals surface area contributed by atoms with E-state index in [1.54, 1.807) is 0 Å². The van der Waals surface area contributed by atoms with Crippen molar-refractivity contribution in [3.05, 3.63) is 60.4 Å². The van der Waals surface area contributed by atoms with Crippen molar-refractivity contribution in [3.8, 4) is 11.1 Å². The van der Waals surface area contributed by atoms with Gasteiger partial charge in [0.05, 0.1) is 11.6 Å². The Morgan fingerprint density at radius 3 is 2.56 bits per heavy atom. The molecule has 3 fully saturated rings. The highest BCUT2D eigenvalue weighted by molar-refractivity contribution is 5.75. The van der Waals surface area contributed by atoms with E-state index < -0.39 is 0 Å². The largest absolute Gasteiger partial charge is 0.462 e. The number of rotatable bonds is 3. The smallest absolute Gasteiger partial charge is 0.309 e. The van der Waals surface area contributed by atoms with E-state index in [-0.39, 0.29) is 31.4 Å². The highest BCUT2D eigenvalue weighted by atomic mass is 16.6.